The van der Waals surface area contributed by atoms with Crippen molar-refractivity contribution in [3.8, 4) is 5.75 Å². The number of rotatable bonds is 5. The van der Waals surface area contributed by atoms with Crippen molar-refractivity contribution in [1.82, 2.24) is 0 Å². The first-order valence-electron chi connectivity index (χ1n) is 5.57. The predicted molar refractivity (Wildman–Crippen MR) is 75.4 cm³/mol. The van der Waals surface area contributed by atoms with E-state index in [1.54, 1.807) is 18.2 Å². The second-order valence-corrected chi connectivity index (χ2v) is 8.98. The van der Waals surface area contributed by atoms with Crippen molar-refractivity contribution >= 4 is 31.8 Å². The summed E-state index contributed by atoms with van der Waals surface area (Å²) in [5.74, 6) is 1.16. The van der Waals surface area contributed by atoms with Crippen LogP contribution in [-0.2, 0) is 4.43 Å². The molecule has 0 aliphatic carbocycles. The van der Waals surface area contributed by atoms with Crippen LogP contribution in [0.3, 0.4) is 0 Å². The lowest BCUT2D eigenvalue weighted by atomic mass is 10.2. The van der Waals surface area contributed by atoms with Gasteiger partial charge in [0.15, 0.2) is 0 Å². The average molecular weight is 293 g/mol. The van der Waals surface area contributed by atoms with Crippen molar-refractivity contribution in [2.75, 3.05) is 6.61 Å². The van der Waals surface area contributed by atoms with E-state index in [0.29, 0.717) is 28.3 Å². The Morgan fingerprint density at radius 3 is 2.12 bits per heavy atom. The van der Waals surface area contributed by atoms with E-state index in [4.69, 9.17) is 32.1 Å². The van der Waals surface area contributed by atoms with Gasteiger partial charge in [-0.3, -0.25) is 0 Å². The topological polar surface area (TPSA) is 18.5 Å². The molecule has 0 aliphatic heterocycles. The molecule has 0 heterocycles. The molecule has 17 heavy (non-hydrogen) atoms. The van der Waals surface area contributed by atoms with Crippen LogP contribution < -0.4 is 4.43 Å². The van der Waals surface area contributed by atoms with Crippen LogP contribution in [0.5, 0.6) is 5.75 Å². The van der Waals surface area contributed by atoms with Crippen LogP contribution in [0.25, 0.3) is 0 Å². The fourth-order valence-electron chi connectivity index (χ4n) is 1.27. The van der Waals surface area contributed by atoms with Crippen molar-refractivity contribution in [3.05, 3.63) is 28.2 Å². The highest BCUT2D eigenvalue weighted by molar-refractivity contribution is 6.65. The molecule has 0 atom stereocenters. The molecule has 0 bridgehead atoms. The van der Waals surface area contributed by atoms with Gasteiger partial charge in [-0.15, -0.1) is 0 Å². The normalized spacial score (nSPS) is 11.9. The molecule has 0 spiro atoms. The van der Waals surface area contributed by atoms with Gasteiger partial charge in [0.1, 0.15) is 5.75 Å². The molecule has 1 rings (SSSR count). The molecule has 5 heteroatoms. The van der Waals surface area contributed by atoms with Crippen molar-refractivity contribution in [3.63, 3.8) is 0 Å². The summed E-state index contributed by atoms with van der Waals surface area (Å²) >= 11 is 11.8. The summed E-state index contributed by atoms with van der Waals surface area (Å²) in [6.45, 7) is 8.93. The fraction of sp³-hybridized carbons (Fsp3) is 0.500. The zero-order chi connectivity index (χ0) is 13.1. The van der Waals surface area contributed by atoms with Crippen molar-refractivity contribution in [1.29, 1.82) is 0 Å². The van der Waals surface area contributed by atoms with Gasteiger partial charge in [0, 0.05) is 16.7 Å². The number of halogens is 2. The van der Waals surface area contributed by atoms with E-state index in [0.717, 1.165) is 0 Å². The van der Waals surface area contributed by atoms with E-state index in [9.17, 15) is 0 Å². The largest absolute Gasteiger partial charge is 0.520 e. The van der Waals surface area contributed by atoms with E-state index in [1.165, 1.54) is 0 Å². The summed E-state index contributed by atoms with van der Waals surface area (Å²) in [5, 5.41) is 1.14. The first kappa shape index (κ1) is 14.8. The first-order valence-corrected chi connectivity index (χ1v) is 9.15. The van der Waals surface area contributed by atoms with Crippen LogP contribution >= 0.6 is 23.2 Å². The Balaban J connectivity index is 2.68. The Morgan fingerprint density at radius 1 is 1.12 bits per heavy atom. The summed E-state index contributed by atoms with van der Waals surface area (Å²) in [6.07, 6.45) is 0. The Kier molecular flexibility index (Phi) is 5.32. The van der Waals surface area contributed by atoms with E-state index in [-0.39, 0.29) is 0 Å². The average Bonchev–Trinajstić information content (AvgIpc) is 2.12. The van der Waals surface area contributed by atoms with Gasteiger partial charge in [0.2, 0.25) is 0 Å². The number of benzene rings is 1. The highest BCUT2D eigenvalue weighted by Gasteiger charge is 2.27. The summed E-state index contributed by atoms with van der Waals surface area (Å²) in [6, 6.07) is 5.18. The molecule has 0 unspecified atom stereocenters. The lowest BCUT2D eigenvalue weighted by Crippen LogP contribution is -2.39. The molecular weight excluding hydrogens is 275 g/mol. The molecule has 0 aromatic heterocycles. The molecule has 0 saturated carbocycles. The highest BCUT2D eigenvalue weighted by Crippen LogP contribution is 2.26. The number of hydrogen-bond donors (Lipinski definition) is 0. The van der Waals surface area contributed by atoms with Gasteiger partial charge in [0.25, 0.3) is 0 Å². The maximum atomic E-state index is 5.92. The van der Waals surface area contributed by atoms with Gasteiger partial charge in [0.05, 0.1) is 0 Å². The second-order valence-electron chi connectivity index (χ2n) is 4.81. The highest BCUT2D eigenvalue weighted by atomic mass is 35.5. The van der Waals surface area contributed by atoms with Crippen LogP contribution in [-0.4, -0.2) is 15.2 Å². The molecule has 96 valence electrons. The van der Waals surface area contributed by atoms with E-state index in [2.05, 4.69) is 13.8 Å². The van der Waals surface area contributed by atoms with Gasteiger partial charge < -0.3 is 8.85 Å². The monoisotopic (exact) mass is 292 g/mol. The summed E-state index contributed by atoms with van der Waals surface area (Å²) in [4.78, 5) is 0. The summed E-state index contributed by atoms with van der Waals surface area (Å²) in [7, 11) is -2.17. The van der Waals surface area contributed by atoms with Crippen LogP contribution in [0.2, 0.25) is 23.1 Å². The summed E-state index contributed by atoms with van der Waals surface area (Å²) < 4.78 is 11.7. The standard InChI is InChI=1S/C12H18Cl2O2Si/c1-9(2)8-15-17(3,4)16-12-6-10(13)5-11(14)7-12/h5-7,9H,8H2,1-4H3. The van der Waals surface area contributed by atoms with Gasteiger partial charge in [-0.2, -0.15) is 0 Å². The molecule has 0 aliphatic rings. The predicted octanol–water partition coefficient (Wildman–Crippen LogP) is 4.75. The van der Waals surface area contributed by atoms with E-state index in [1.807, 2.05) is 13.1 Å². The molecule has 0 N–H and O–H groups in total. The molecule has 1 aromatic carbocycles. The van der Waals surface area contributed by atoms with Crippen molar-refractivity contribution in [2.45, 2.75) is 26.9 Å². The third-order valence-corrected chi connectivity index (χ3v) is 3.99. The molecule has 0 saturated heterocycles. The maximum absolute atomic E-state index is 5.92. The Labute approximate surface area is 114 Å². The minimum atomic E-state index is -2.17. The third-order valence-electron chi connectivity index (χ3n) is 1.96. The quantitative estimate of drug-likeness (QED) is 0.730. The van der Waals surface area contributed by atoms with E-state index >= 15 is 0 Å². The zero-order valence-corrected chi connectivity index (χ0v) is 13.1. The van der Waals surface area contributed by atoms with Gasteiger partial charge in [-0.25, -0.2) is 0 Å². The van der Waals surface area contributed by atoms with Crippen LogP contribution in [0, 0.1) is 5.92 Å². The van der Waals surface area contributed by atoms with Crippen molar-refractivity contribution < 1.29 is 8.85 Å². The maximum Gasteiger partial charge on any atom is 0.392 e. The van der Waals surface area contributed by atoms with Crippen LogP contribution in [0.15, 0.2) is 18.2 Å². The molecule has 2 nitrogen and oxygen atoms in total. The smallest absolute Gasteiger partial charge is 0.392 e. The second kappa shape index (κ2) is 6.09. The van der Waals surface area contributed by atoms with Crippen LogP contribution in [0.1, 0.15) is 13.8 Å². The lowest BCUT2D eigenvalue weighted by Gasteiger charge is -2.25. The van der Waals surface area contributed by atoms with Crippen LogP contribution in [0.4, 0.5) is 0 Å². The van der Waals surface area contributed by atoms with Crippen molar-refractivity contribution in [2.24, 2.45) is 5.92 Å². The lowest BCUT2D eigenvalue weighted by molar-refractivity contribution is 0.216. The minimum Gasteiger partial charge on any atom is -0.520 e. The summed E-state index contributed by atoms with van der Waals surface area (Å²) in [5.41, 5.74) is 0. The molecular formula is C12H18Cl2O2Si. The Morgan fingerprint density at radius 2 is 1.65 bits per heavy atom. The zero-order valence-electron chi connectivity index (χ0n) is 10.6. The fourth-order valence-corrected chi connectivity index (χ4v) is 3.25. The van der Waals surface area contributed by atoms with Gasteiger partial charge in [-0.1, -0.05) is 37.0 Å². The van der Waals surface area contributed by atoms with Gasteiger partial charge >= 0.3 is 8.56 Å². The molecule has 0 amide bonds. The number of hydrogen-bond acceptors (Lipinski definition) is 2. The molecule has 1 aromatic rings. The minimum absolute atomic E-state index is 0.494. The SMILES string of the molecule is CC(C)CO[Si](C)(C)Oc1cc(Cl)cc(Cl)c1. The third kappa shape index (κ3) is 5.77. The molecule has 0 radical (unpaired) electrons. The van der Waals surface area contributed by atoms with E-state index < -0.39 is 8.56 Å². The first-order chi connectivity index (χ1) is 7.78. The Hall–Kier alpha value is -0.223. The molecule has 0 fully saturated rings. The van der Waals surface area contributed by atoms with Gasteiger partial charge in [-0.05, 0) is 37.2 Å². The Bertz CT molecular complexity index is 361.